The van der Waals surface area contributed by atoms with Crippen molar-refractivity contribution in [3.63, 3.8) is 0 Å². The van der Waals surface area contributed by atoms with Gasteiger partial charge in [-0.2, -0.15) is 0 Å². The molecule has 0 saturated carbocycles. The Morgan fingerprint density at radius 3 is 2.67 bits per heavy atom. The average Bonchev–Trinajstić information content (AvgIpc) is 3.04. The van der Waals surface area contributed by atoms with Crippen LogP contribution in [0.3, 0.4) is 0 Å². The number of hydrogen-bond acceptors (Lipinski definition) is 5. The zero-order valence-electron chi connectivity index (χ0n) is 15.4. The van der Waals surface area contributed by atoms with Gasteiger partial charge in [-0.05, 0) is 45.0 Å². The predicted octanol–water partition coefficient (Wildman–Crippen LogP) is 3.43. The maximum absolute atomic E-state index is 12.6. The predicted molar refractivity (Wildman–Crippen MR) is 102 cm³/mol. The largest absolute Gasteiger partial charge is 0.492 e. The maximum Gasteiger partial charge on any atom is 0.278 e. The molecule has 0 fully saturated rings. The topological polar surface area (TPSA) is 86.1 Å². The number of rotatable bonds is 6. The number of hydrogen-bond donors (Lipinski definition) is 1. The minimum absolute atomic E-state index is 0.0687. The molecule has 0 atom stereocenters. The molecule has 0 bridgehead atoms. The van der Waals surface area contributed by atoms with E-state index in [1.54, 1.807) is 35.9 Å². The molecule has 1 heterocycles. The molecular weight excluding hydrogens is 344 g/mol. The van der Waals surface area contributed by atoms with Crippen molar-refractivity contribution in [1.29, 1.82) is 0 Å². The molecule has 0 radical (unpaired) electrons. The number of nitrogens with zero attached hydrogens (tertiary/aromatic N) is 3. The fraction of sp³-hybridized carbons (Fsp3) is 0.200. The van der Waals surface area contributed by atoms with Crippen LogP contribution in [0.5, 0.6) is 5.75 Å². The van der Waals surface area contributed by atoms with E-state index in [4.69, 9.17) is 4.74 Å². The maximum atomic E-state index is 12.6. The molecule has 7 nitrogen and oxygen atoms in total. The van der Waals surface area contributed by atoms with Crippen LogP contribution in [-0.4, -0.2) is 33.3 Å². The fourth-order valence-electron chi connectivity index (χ4n) is 2.68. The van der Waals surface area contributed by atoms with Gasteiger partial charge in [0.25, 0.3) is 5.91 Å². The van der Waals surface area contributed by atoms with Gasteiger partial charge in [0.2, 0.25) is 0 Å². The summed E-state index contributed by atoms with van der Waals surface area (Å²) in [4.78, 5) is 24.1. The third-order valence-corrected chi connectivity index (χ3v) is 4.03. The van der Waals surface area contributed by atoms with Crippen molar-refractivity contribution < 1.29 is 14.3 Å². The van der Waals surface area contributed by atoms with Crippen molar-refractivity contribution in [3.05, 3.63) is 65.5 Å². The van der Waals surface area contributed by atoms with E-state index < -0.39 is 5.91 Å². The van der Waals surface area contributed by atoms with Gasteiger partial charge in [0, 0.05) is 11.3 Å². The summed E-state index contributed by atoms with van der Waals surface area (Å²) in [5.74, 6) is 0.197. The Labute approximate surface area is 157 Å². The van der Waals surface area contributed by atoms with E-state index in [0.717, 1.165) is 0 Å². The summed E-state index contributed by atoms with van der Waals surface area (Å²) >= 11 is 0. The first-order valence-electron chi connectivity index (χ1n) is 8.58. The van der Waals surface area contributed by atoms with Gasteiger partial charge in [0.05, 0.1) is 12.3 Å². The van der Waals surface area contributed by atoms with E-state index in [0.29, 0.717) is 35.0 Å². The number of carbonyl (C=O) groups is 2. The van der Waals surface area contributed by atoms with Gasteiger partial charge in [0.1, 0.15) is 11.4 Å². The minimum atomic E-state index is -0.395. The van der Waals surface area contributed by atoms with Crippen LogP contribution in [0, 0.1) is 6.92 Å². The number of Topliss-reactive ketones (excluding diaryl/α,β-unsaturated/α-hetero) is 1. The lowest BCUT2D eigenvalue weighted by Crippen LogP contribution is -2.14. The first-order chi connectivity index (χ1) is 13.0. The fourth-order valence-corrected chi connectivity index (χ4v) is 2.68. The second-order valence-electron chi connectivity index (χ2n) is 5.93. The van der Waals surface area contributed by atoms with Gasteiger partial charge in [0.15, 0.2) is 11.5 Å². The summed E-state index contributed by atoms with van der Waals surface area (Å²) < 4.78 is 7.20. The van der Waals surface area contributed by atoms with Crippen molar-refractivity contribution in [1.82, 2.24) is 15.0 Å². The molecule has 0 aliphatic rings. The van der Waals surface area contributed by atoms with Gasteiger partial charge >= 0.3 is 0 Å². The molecule has 138 valence electrons. The van der Waals surface area contributed by atoms with E-state index in [1.807, 2.05) is 31.2 Å². The van der Waals surface area contributed by atoms with E-state index in [9.17, 15) is 9.59 Å². The number of ketones is 1. The Kier molecular flexibility index (Phi) is 5.30. The molecule has 1 N–H and O–H groups in total. The highest BCUT2D eigenvalue weighted by molar-refractivity contribution is 6.04. The number of para-hydroxylation sites is 2. The van der Waals surface area contributed by atoms with Crippen LogP contribution >= 0.6 is 0 Å². The number of amides is 1. The van der Waals surface area contributed by atoms with E-state index >= 15 is 0 Å². The monoisotopic (exact) mass is 364 g/mol. The number of nitrogens with one attached hydrogen (secondary N) is 1. The Bertz CT molecular complexity index is 994. The molecule has 1 aromatic heterocycles. The van der Waals surface area contributed by atoms with Gasteiger partial charge in [-0.1, -0.05) is 29.5 Å². The molecule has 3 aromatic rings. The highest BCUT2D eigenvalue weighted by Crippen LogP contribution is 2.24. The van der Waals surface area contributed by atoms with Crippen molar-refractivity contribution in [2.75, 3.05) is 11.9 Å². The second-order valence-corrected chi connectivity index (χ2v) is 5.93. The molecule has 0 aliphatic heterocycles. The highest BCUT2D eigenvalue weighted by atomic mass is 16.5. The third kappa shape index (κ3) is 3.87. The Hall–Kier alpha value is -3.48. The van der Waals surface area contributed by atoms with Crippen LogP contribution in [0.15, 0.2) is 48.5 Å². The summed E-state index contributed by atoms with van der Waals surface area (Å²) in [5, 5.41) is 10.9. The summed E-state index contributed by atoms with van der Waals surface area (Å²) in [7, 11) is 0. The SMILES string of the molecule is CCOc1ccccc1-n1nnc(C(=O)Nc2cccc(C(C)=O)c2)c1C. The molecule has 0 saturated heterocycles. The standard InChI is InChI=1S/C20H20N4O3/c1-4-27-18-11-6-5-10-17(18)24-13(2)19(22-23-24)20(26)21-16-9-7-8-15(12-16)14(3)25/h5-12H,4H2,1-3H3,(H,21,26). The van der Waals surface area contributed by atoms with Crippen LogP contribution in [0.25, 0.3) is 5.69 Å². The van der Waals surface area contributed by atoms with Crippen molar-refractivity contribution in [3.8, 4) is 11.4 Å². The third-order valence-electron chi connectivity index (χ3n) is 4.03. The smallest absolute Gasteiger partial charge is 0.278 e. The first-order valence-corrected chi connectivity index (χ1v) is 8.58. The Balaban J connectivity index is 1.88. The van der Waals surface area contributed by atoms with Crippen LogP contribution in [0.4, 0.5) is 5.69 Å². The van der Waals surface area contributed by atoms with Crippen LogP contribution in [0.1, 0.15) is 40.4 Å². The highest BCUT2D eigenvalue weighted by Gasteiger charge is 2.19. The molecule has 1 amide bonds. The minimum Gasteiger partial charge on any atom is -0.492 e. The lowest BCUT2D eigenvalue weighted by molar-refractivity contribution is 0.100. The molecular formula is C20H20N4O3. The van der Waals surface area contributed by atoms with Crippen LogP contribution in [-0.2, 0) is 0 Å². The summed E-state index contributed by atoms with van der Waals surface area (Å²) in [6, 6.07) is 14.2. The quantitative estimate of drug-likeness (QED) is 0.677. The summed E-state index contributed by atoms with van der Waals surface area (Å²) in [5.41, 5.74) is 2.55. The van der Waals surface area contributed by atoms with Crippen molar-refractivity contribution in [2.45, 2.75) is 20.8 Å². The lowest BCUT2D eigenvalue weighted by atomic mass is 10.1. The van der Waals surface area contributed by atoms with E-state index in [2.05, 4.69) is 15.6 Å². The van der Waals surface area contributed by atoms with Gasteiger partial charge in [-0.25, -0.2) is 4.68 Å². The zero-order valence-corrected chi connectivity index (χ0v) is 15.4. The summed E-state index contributed by atoms with van der Waals surface area (Å²) in [6.45, 7) is 5.67. The number of benzene rings is 2. The molecule has 2 aromatic carbocycles. The zero-order chi connectivity index (χ0) is 19.4. The molecule has 27 heavy (non-hydrogen) atoms. The molecule has 7 heteroatoms. The van der Waals surface area contributed by atoms with Gasteiger partial charge in [-0.3, -0.25) is 9.59 Å². The first kappa shape index (κ1) is 18.3. The summed E-state index contributed by atoms with van der Waals surface area (Å²) in [6.07, 6.45) is 0. The van der Waals surface area contributed by atoms with E-state index in [1.165, 1.54) is 6.92 Å². The second kappa shape index (κ2) is 7.82. The van der Waals surface area contributed by atoms with Gasteiger partial charge in [-0.15, -0.1) is 5.10 Å². The number of ether oxygens (including phenoxy) is 1. The number of carbonyl (C=O) groups excluding carboxylic acids is 2. The number of anilines is 1. The Morgan fingerprint density at radius 1 is 1.15 bits per heavy atom. The van der Waals surface area contributed by atoms with Crippen molar-refractivity contribution in [2.24, 2.45) is 0 Å². The normalized spacial score (nSPS) is 10.5. The Morgan fingerprint density at radius 2 is 1.93 bits per heavy atom. The van der Waals surface area contributed by atoms with Crippen molar-refractivity contribution >= 4 is 17.4 Å². The number of aromatic nitrogens is 3. The van der Waals surface area contributed by atoms with Gasteiger partial charge < -0.3 is 10.1 Å². The molecule has 3 rings (SSSR count). The molecule has 0 aliphatic carbocycles. The average molecular weight is 364 g/mol. The van der Waals surface area contributed by atoms with Crippen LogP contribution < -0.4 is 10.1 Å². The van der Waals surface area contributed by atoms with Crippen LogP contribution in [0.2, 0.25) is 0 Å². The molecule has 0 unspecified atom stereocenters. The van der Waals surface area contributed by atoms with E-state index in [-0.39, 0.29) is 11.5 Å². The molecule has 0 spiro atoms. The lowest BCUT2D eigenvalue weighted by Gasteiger charge is -2.10.